The van der Waals surface area contributed by atoms with Crippen molar-refractivity contribution in [1.82, 2.24) is 9.80 Å². The van der Waals surface area contributed by atoms with Crippen molar-refractivity contribution in [3.8, 4) is 0 Å². The second kappa shape index (κ2) is 11.4. The van der Waals surface area contributed by atoms with E-state index in [0.717, 1.165) is 0 Å². The molecule has 7 heteroatoms. The highest BCUT2D eigenvalue weighted by Crippen LogP contribution is 2.30. The number of ether oxygens (including phenoxy) is 1. The van der Waals surface area contributed by atoms with Gasteiger partial charge in [0.2, 0.25) is 0 Å². The SMILES string of the molecule is Cl.[2H]C1([2H])N(CCOCC(=O)O)C([2H])([2H])C([2H])([2H])N(C(c2ccccc2)c2ccc(Cl)cc2)C1([2H])[2H]. The third-order valence-electron chi connectivity index (χ3n) is 3.85. The summed E-state index contributed by atoms with van der Waals surface area (Å²) in [6, 6.07) is 13.3. The van der Waals surface area contributed by atoms with Gasteiger partial charge in [0.05, 0.1) is 12.6 Å². The molecule has 1 unspecified atom stereocenters. The summed E-state index contributed by atoms with van der Waals surface area (Å²) in [6.45, 7) is -14.0. The summed E-state index contributed by atoms with van der Waals surface area (Å²) < 4.78 is 74.4. The van der Waals surface area contributed by atoms with Crippen LogP contribution in [0.4, 0.5) is 0 Å². The van der Waals surface area contributed by atoms with Crippen LogP contribution in [0.3, 0.4) is 0 Å². The fraction of sp³-hybridized carbons (Fsp3) is 0.381. The van der Waals surface area contributed by atoms with E-state index in [-0.39, 0.29) is 12.4 Å². The number of hydrogen-bond donors (Lipinski definition) is 1. The average Bonchev–Trinajstić information content (AvgIpc) is 2.76. The number of carboxylic acids is 1. The van der Waals surface area contributed by atoms with Crippen molar-refractivity contribution in [1.29, 1.82) is 0 Å². The molecule has 1 aliphatic heterocycles. The lowest BCUT2D eigenvalue weighted by molar-refractivity contribution is -0.142. The highest BCUT2D eigenvalue weighted by atomic mass is 35.5. The summed E-state index contributed by atoms with van der Waals surface area (Å²) in [6.07, 6.45) is 0. The van der Waals surface area contributed by atoms with Crippen molar-refractivity contribution < 1.29 is 25.6 Å². The molecule has 0 saturated carbocycles. The van der Waals surface area contributed by atoms with Gasteiger partial charge in [-0.3, -0.25) is 9.80 Å². The number of carboxylic acid groups (broad SMARTS) is 1. The number of aliphatic carboxylic acids is 1. The number of hydrogen-bond acceptors (Lipinski definition) is 4. The van der Waals surface area contributed by atoms with Crippen LogP contribution in [0.5, 0.6) is 0 Å². The van der Waals surface area contributed by atoms with E-state index in [1.165, 1.54) is 12.1 Å². The first-order chi connectivity index (χ1) is 16.2. The van der Waals surface area contributed by atoms with Gasteiger partial charge in [-0.05, 0) is 23.3 Å². The molecule has 1 N–H and O–H groups in total. The van der Waals surface area contributed by atoms with Gasteiger partial charge in [-0.2, -0.15) is 0 Å². The maximum atomic E-state index is 10.7. The van der Waals surface area contributed by atoms with Gasteiger partial charge in [0, 0.05) is 48.5 Å². The number of halogens is 2. The minimum Gasteiger partial charge on any atom is -0.480 e. The third-order valence-corrected chi connectivity index (χ3v) is 4.11. The van der Waals surface area contributed by atoms with Crippen LogP contribution in [0.25, 0.3) is 0 Å². The van der Waals surface area contributed by atoms with Crippen LogP contribution < -0.4 is 0 Å². The zero-order chi connectivity index (χ0) is 26.2. The van der Waals surface area contributed by atoms with E-state index in [9.17, 15) is 4.79 Å². The second-order valence-electron chi connectivity index (χ2n) is 5.78. The van der Waals surface area contributed by atoms with E-state index < -0.39 is 57.8 Å². The van der Waals surface area contributed by atoms with Gasteiger partial charge in [-0.1, -0.05) is 54.1 Å². The van der Waals surface area contributed by atoms with E-state index in [0.29, 0.717) is 25.9 Å². The fourth-order valence-corrected chi connectivity index (χ4v) is 2.74. The predicted octanol–water partition coefficient (Wildman–Crippen LogP) is 3.57. The van der Waals surface area contributed by atoms with Gasteiger partial charge in [-0.15, -0.1) is 12.4 Å². The van der Waals surface area contributed by atoms with Gasteiger partial charge in [0.25, 0.3) is 0 Å². The van der Waals surface area contributed by atoms with E-state index >= 15 is 0 Å². The van der Waals surface area contributed by atoms with Crippen molar-refractivity contribution in [2.24, 2.45) is 0 Å². The molecule has 1 saturated heterocycles. The predicted molar refractivity (Wildman–Crippen MR) is 113 cm³/mol. The van der Waals surface area contributed by atoms with Crippen molar-refractivity contribution in [2.75, 3.05) is 45.7 Å². The lowest BCUT2D eigenvalue weighted by Crippen LogP contribution is -2.48. The molecule has 0 bridgehead atoms. The first-order valence-corrected chi connectivity index (χ1v) is 8.70. The Balaban J connectivity index is 0.00000456. The number of benzene rings is 2. The topological polar surface area (TPSA) is 53.0 Å². The molecule has 0 amide bonds. The van der Waals surface area contributed by atoms with Crippen molar-refractivity contribution in [3.63, 3.8) is 0 Å². The Kier molecular flexibility index (Phi) is 5.52. The summed E-state index contributed by atoms with van der Waals surface area (Å²) in [5.74, 6) is -1.28. The van der Waals surface area contributed by atoms with Gasteiger partial charge < -0.3 is 9.84 Å². The minimum atomic E-state index is -3.06. The Hall–Kier alpha value is -1.63. The van der Waals surface area contributed by atoms with Gasteiger partial charge in [-0.25, -0.2) is 4.79 Å². The minimum absolute atomic E-state index is 0. The van der Waals surface area contributed by atoms with Crippen molar-refractivity contribution in [3.05, 3.63) is 70.7 Å². The van der Waals surface area contributed by atoms with E-state index in [4.69, 9.17) is 32.4 Å². The molecule has 2 aromatic rings. The molecule has 28 heavy (non-hydrogen) atoms. The number of piperazine rings is 1. The molecule has 152 valence electrons. The van der Waals surface area contributed by atoms with E-state index in [1.54, 1.807) is 42.5 Å². The number of rotatable bonds is 8. The number of nitrogens with zero attached hydrogens (tertiary/aromatic N) is 2. The number of carbonyl (C=O) groups is 1. The first kappa shape index (κ1) is 13.6. The Morgan fingerprint density at radius 3 is 2.29 bits per heavy atom. The summed E-state index contributed by atoms with van der Waals surface area (Å²) in [7, 11) is 0. The molecule has 1 atom stereocenters. The van der Waals surface area contributed by atoms with Crippen LogP contribution in [0.1, 0.15) is 28.1 Å². The molecule has 1 heterocycles. The fourth-order valence-electron chi connectivity index (χ4n) is 2.61. The summed E-state index contributed by atoms with van der Waals surface area (Å²) in [5, 5.41) is 9.12. The van der Waals surface area contributed by atoms with Gasteiger partial charge in [0.1, 0.15) is 6.61 Å². The van der Waals surface area contributed by atoms with Crippen molar-refractivity contribution >= 4 is 30.0 Å². The molecule has 2 aromatic carbocycles. The van der Waals surface area contributed by atoms with Crippen LogP contribution in [0, 0.1) is 0 Å². The third kappa shape index (κ3) is 6.47. The Morgan fingerprint density at radius 1 is 1.07 bits per heavy atom. The molecule has 1 aliphatic rings. The smallest absolute Gasteiger partial charge is 0.329 e. The maximum absolute atomic E-state index is 10.7. The standard InChI is InChI=1S/C21H25ClN2O3.ClH/c22-19-8-6-18(7-9-19)21(17-4-2-1-3-5-17)24-12-10-23(11-13-24)14-15-27-16-20(25)26;/h1-9,21H,10-16H2,(H,25,26);1H/i10D2,11D2,12D2,13D2;. The lowest BCUT2D eigenvalue weighted by atomic mass is 9.96. The van der Waals surface area contributed by atoms with Crippen LogP contribution >= 0.6 is 24.0 Å². The molecule has 3 rings (SSSR count). The largest absolute Gasteiger partial charge is 0.480 e. The molecule has 0 radical (unpaired) electrons. The van der Waals surface area contributed by atoms with Gasteiger partial charge in [0.15, 0.2) is 0 Å². The molecule has 1 fully saturated rings. The Labute approximate surface area is 188 Å². The van der Waals surface area contributed by atoms with E-state index in [2.05, 4.69) is 0 Å². The Morgan fingerprint density at radius 2 is 1.68 bits per heavy atom. The molecule has 0 aromatic heterocycles. The van der Waals surface area contributed by atoms with Crippen molar-refractivity contribution in [2.45, 2.75) is 6.04 Å². The first-order valence-electron chi connectivity index (χ1n) is 12.3. The summed E-state index contributed by atoms with van der Waals surface area (Å²) in [5.41, 5.74) is 0.811. The monoisotopic (exact) mass is 432 g/mol. The molecular formula is C21H26Cl2N2O3. The highest BCUT2D eigenvalue weighted by molar-refractivity contribution is 6.30. The molecule has 0 aliphatic carbocycles. The van der Waals surface area contributed by atoms with E-state index in [1.807, 2.05) is 0 Å². The lowest BCUT2D eigenvalue weighted by Gasteiger charge is -2.39. The highest BCUT2D eigenvalue weighted by Gasteiger charge is 2.26. The Bertz CT molecular complexity index is 1020. The molecule has 0 spiro atoms. The zero-order valence-corrected chi connectivity index (χ0v) is 16.4. The second-order valence-corrected chi connectivity index (χ2v) is 6.22. The van der Waals surface area contributed by atoms with Crippen LogP contribution in [-0.4, -0.2) is 66.6 Å². The van der Waals surface area contributed by atoms with Crippen LogP contribution in [0.15, 0.2) is 54.6 Å². The van der Waals surface area contributed by atoms with Crippen LogP contribution in [0.2, 0.25) is 5.02 Å². The molecular weight excluding hydrogens is 399 g/mol. The molecule has 5 nitrogen and oxygen atoms in total. The summed E-state index contributed by atoms with van der Waals surface area (Å²) >= 11 is 6.01. The van der Waals surface area contributed by atoms with Crippen LogP contribution in [-0.2, 0) is 9.53 Å². The normalized spacial score (nSPS) is 27.8. The quantitative estimate of drug-likeness (QED) is 0.646. The average molecular weight is 433 g/mol. The summed E-state index contributed by atoms with van der Waals surface area (Å²) in [4.78, 5) is 11.7. The maximum Gasteiger partial charge on any atom is 0.329 e. The zero-order valence-electron chi connectivity index (χ0n) is 22.8. The van der Waals surface area contributed by atoms with Gasteiger partial charge >= 0.3 is 5.97 Å².